The van der Waals surface area contributed by atoms with E-state index < -0.39 is 12.1 Å². The number of benzene rings is 2. The van der Waals surface area contributed by atoms with Gasteiger partial charge in [0.25, 0.3) is 0 Å². The smallest absolute Gasteiger partial charge is 0.408 e. The molecule has 7 heteroatoms. The summed E-state index contributed by atoms with van der Waals surface area (Å²) in [7, 11) is 0. The van der Waals surface area contributed by atoms with Crippen LogP contribution in [-0.4, -0.2) is 27.8 Å². The van der Waals surface area contributed by atoms with E-state index in [9.17, 15) is 9.59 Å². The number of hydrogen-bond donors (Lipinski definition) is 2. The monoisotopic (exact) mass is 364 g/mol. The van der Waals surface area contributed by atoms with E-state index in [1.807, 2.05) is 54.7 Å². The fourth-order valence-corrected chi connectivity index (χ4v) is 2.38. The van der Waals surface area contributed by atoms with E-state index in [0.717, 1.165) is 11.3 Å². The van der Waals surface area contributed by atoms with Crippen LogP contribution in [0.25, 0.3) is 5.69 Å². The molecular formula is C20H20N4O3. The number of ether oxygens (including phenoxy) is 1. The Bertz CT molecular complexity index is 877. The fourth-order valence-electron chi connectivity index (χ4n) is 2.38. The van der Waals surface area contributed by atoms with Gasteiger partial charge in [0, 0.05) is 18.1 Å². The molecular weight excluding hydrogens is 344 g/mol. The Hall–Kier alpha value is -3.61. The lowest BCUT2D eigenvalue weighted by atomic mass is 10.2. The predicted molar refractivity (Wildman–Crippen MR) is 101 cm³/mol. The summed E-state index contributed by atoms with van der Waals surface area (Å²) < 4.78 is 6.84. The third kappa shape index (κ3) is 5.18. The van der Waals surface area contributed by atoms with Gasteiger partial charge in [0.2, 0.25) is 5.91 Å². The first-order valence-electron chi connectivity index (χ1n) is 8.50. The van der Waals surface area contributed by atoms with Crippen molar-refractivity contribution in [1.29, 1.82) is 0 Å². The van der Waals surface area contributed by atoms with Crippen molar-refractivity contribution in [3.05, 3.63) is 78.6 Å². The minimum Gasteiger partial charge on any atom is -0.445 e. The Morgan fingerprint density at radius 3 is 2.48 bits per heavy atom. The van der Waals surface area contributed by atoms with E-state index in [2.05, 4.69) is 15.7 Å². The van der Waals surface area contributed by atoms with Gasteiger partial charge in [-0.2, -0.15) is 5.10 Å². The summed E-state index contributed by atoms with van der Waals surface area (Å²) >= 11 is 0. The Labute approximate surface area is 157 Å². The summed E-state index contributed by atoms with van der Waals surface area (Å²) in [6, 6.07) is 17.7. The zero-order valence-electron chi connectivity index (χ0n) is 14.8. The van der Waals surface area contributed by atoms with Crippen LogP contribution in [0.5, 0.6) is 0 Å². The molecule has 0 saturated heterocycles. The van der Waals surface area contributed by atoms with E-state index in [1.165, 1.54) is 0 Å². The molecule has 1 aromatic heterocycles. The highest BCUT2D eigenvalue weighted by molar-refractivity contribution is 5.96. The molecule has 2 N–H and O–H groups in total. The average molecular weight is 364 g/mol. The fraction of sp³-hybridized carbons (Fsp3) is 0.150. The minimum absolute atomic E-state index is 0.149. The van der Waals surface area contributed by atoms with Crippen LogP contribution in [0, 0.1) is 0 Å². The maximum atomic E-state index is 12.2. The highest BCUT2D eigenvalue weighted by Crippen LogP contribution is 2.12. The maximum Gasteiger partial charge on any atom is 0.408 e. The van der Waals surface area contributed by atoms with Crippen molar-refractivity contribution in [2.75, 3.05) is 5.32 Å². The molecule has 0 fully saturated rings. The molecule has 138 valence electrons. The molecule has 0 spiro atoms. The van der Waals surface area contributed by atoms with Crippen LogP contribution in [0.1, 0.15) is 12.5 Å². The zero-order valence-corrected chi connectivity index (χ0v) is 14.8. The number of amides is 2. The van der Waals surface area contributed by atoms with Gasteiger partial charge in [0.1, 0.15) is 12.6 Å². The summed E-state index contributed by atoms with van der Waals surface area (Å²) in [4.78, 5) is 24.1. The molecule has 0 aliphatic rings. The lowest BCUT2D eigenvalue weighted by Crippen LogP contribution is -2.41. The standard InChI is InChI=1S/C20H20N4O3/c1-15(22-20(26)27-14-16-6-3-2-4-7-16)19(25)23-17-8-10-18(11-9-17)24-13-5-12-21-24/h2-13,15H,14H2,1H3,(H,22,26)(H,23,25)/t15-/m0/s1. The van der Waals surface area contributed by atoms with Crippen LogP contribution in [0.4, 0.5) is 10.5 Å². The molecule has 3 aromatic rings. The normalized spacial score (nSPS) is 11.4. The molecule has 3 rings (SSSR count). The van der Waals surface area contributed by atoms with E-state index in [0.29, 0.717) is 5.69 Å². The third-order valence-electron chi connectivity index (χ3n) is 3.84. The van der Waals surface area contributed by atoms with Gasteiger partial charge in [-0.15, -0.1) is 0 Å². The topological polar surface area (TPSA) is 85.2 Å². The first-order chi connectivity index (χ1) is 13.1. The van der Waals surface area contributed by atoms with E-state index in [4.69, 9.17) is 4.74 Å². The second-order valence-electron chi connectivity index (χ2n) is 5.91. The molecule has 0 aliphatic carbocycles. The second kappa shape index (κ2) is 8.66. The van der Waals surface area contributed by atoms with Gasteiger partial charge in [-0.1, -0.05) is 30.3 Å². The Balaban J connectivity index is 1.47. The first kappa shape index (κ1) is 18.2. The van der Waals surface area contributed by atoms with Crippen molar-refractivity contribution in [2.45, 2.75) is 19.6 Å². The maximum absolute atomic E-state index is 12.2. The van der Waals surface area contributed by atoms with E-state index in [-0.39, 0.29) is 12.5 Å². The van der Waals surface area contributed by atoms with Gasteiger partial charge in [0.05, 0.1) is 5.69 Å². The number of aromatic nitrogens is 2. The van der Waals surface area contributed by atoms with Gasteiger partial charge in [-0.25, -0.2) is 9.48 Å². The lowest BCUT2D eigenvalue weighted by Gasteiger charge is -2.14. The largest absolute Gasteiger partial charge is 0.445 e. The zero-order chi connectivity index (χ0) is 19.1. The van der Waals surface area contributed by atoms with Crippen LogP contribution in [0.2, 0.25) is 0 Å². The molecule has 1 heterocycles. The van der Waals surface area contributed by atoms with E-state index in [1.54, 1.807) is 29.9 Å². The van der Waals surface area contributed by atoms with Crippen molar-refractivity contribution in [2.24, 2.45) is 0 Å². The number of rotatable bonds is 6. The second-order valence-corrected chi connectivity index (χ2v) is 5.91. The first-order valence-corrected chi connectivity index (χ1v) is 8.50. The number of alkyl carbamates (subject to hydrolysis) is 1. The summed E-state index contributed by atoms with van der Waals surface area (Å²) in [5.41, 5.74) is 2.39. The summed E-state index contributed by atoms with van der Waals surface area (Å²) in [6.45, 7) is 1.74. The van der Waals surface area contributed by atoms with Crippen LogP contribution in [0.15, 0.2) is 73.1 Å². The summed E-state index contributed by atoms with van der Waals surface area (Å²) in [6.07, 6.45) is 2.89. The molecule has 2 aromatic carbocycles. The number of nitrogens with one attached hydrogen (secondary N) is 2. The summed E-state index contributed by atoms with van der Waals surface area (Å²) in [5, 5.41) is 9.42. The van der Waals surface area contributed by atoms with Crippen molar-refractivity contribution in [1.82, 2.24) is 15.1 Å². The number of carbonyl (C=O) groups excluding carboxylic acids is 2. The molecule has 1 atom stereocenters. The Morgan fingerprint density at radius 1 is 1.07 bits per heavy atom. The molecule has 0 radical (unpaired) electrons. The van der Waals surface area contributed by atoms with Gasteiger partial charge in [-0.05, 0) is 42.8 Å². The molecule has 0 bridgehead atoms. The van der Waals surface area contributed by atoms with Crippen molar-refractivity contribution in [3.63, 3.8) is 0 Å². The highest BCUT2D eigenvalue weighted by Gasteiger charge is 2.16. The molecule has 0 saturated carbocycles. The Kier molecular flexibility index (Phi) is 5.84. The van der Waals surface area contributed by atoms with Crippen molar-refractivity contribution < 1.29 is 14.3 Å². The van der Waals surface area contributed by atoms with Gasteiger partial charge in [-0.3, -0.25) is 4.79 Å². The molecule has 0 aliphatic heterocycles. The third-order valence-corrected chi connectivity index (χ3v) is 3.84. The summed E-state index contributed by atoms with van der Waals surface area (Å²) in [5.74, 6) is -0.335. The SMILES string of the molecule is C[C@H](NC(=O)OCc1ccccc1)C(=O)Nc1ccc(-n2cccn2)cc1. The number of carbonyl (C=O) groups is 2. The molecule has 0 unspecified atom stereocenters. The van der Waals surface area contributed by atoms with Crippen LogP contribution in [-0.2, 0) is 16.1 Å². The Morgan fingerprint density at radius 2 is 1.81 bits per heavy atom. The average Bonchev–Trinajstić information content (AvgIpc) is 3.22. The predicted octanol–water partition coefficient (Wildman–Crippen LogP) is 3.13. The molecule has 27 heavy (non-hydrogen) atoms. The lowest BCUT2D eigenvalue weighted by molar-refractivity contribution is -0.117. The van der Waals surface area contributed by atoms with Gasteiger partial charge in [0.15, 0.2) is 0 Å². The van der Waals surface area contributed by atoms with E-state index >= 15 is 0 Å². The number of anilines is 1. The van der Waals surface area contributed by atoms with Crippen LogP contribution in [0.3, 0.4) is 0 Å². The van der Waals surface area contributed by atoms with Crippen LogP contribution >= 0.6 is 0 Å². The number of nitrogens with zero attached hydrogens (tertiary/aromatic N) is 2. The highest BCUT2D eigenvalue weighted by atomic mass is 16.5. The molecule has 2 amide bonds. The van der Waals surface area contributed by atoms with Gasteiger partial charge < -0.3 is 15.4 Å². The quantitative estimate of drug-likeness (QED) is 0.704. The van der Waals surface area contributed by atoms with Crippen LogP contribution < -0.4 is 10.6 Å². The molecule has 7 nitrogen and oxygen atoms in total. The van der Waals surface area contributed by atoms with Crippen molar-refractivity contribution >= 4 is 17.7 Å². The number of hydrogen-bond acceptors (Lipinski definition) is 4. The van der Waals surface area contributed by atoms with Gasteiger partial charge >= 0.3 is 6.09 Å². The minimum atomic E-state index is -0.737. The van der Waals surface area contributed by atoms with Crippen molar-refractivity contribution in [3.8, 4) is 5.69 Å².